The van der Waals surface area contributed by atoms with Crippen molar-refractivity contribution in [2.45, 2.75) is 36.7 Å². The molecule has 1 aromatic heterocycles. The van der Waals surface area contributed by atoms with E-state index in [0.717, 1.165) is 44.1 Å². The van der Waals surface area contributed by atoms with Crippen molar-refractivity contribution < 1.29 is 17.9 Å². The lowest BCUT2D eigenvalue weighted by Gasteiger charge is -2.31. The van der Waals surface area contributed by atoms with Gasteiger partial charge in [-0.2, -0.15) is 4.31 Å². The summed E-state index contributed by atoms with van der Waals surface area (Å²) in [6.07, 6.45) is 1.49. The molecule has 0 spiro atoms. The standard InChI is InChI=1S/C17H21N5O4S.ClH/c23-27(24,13-1-2-14-15(9-13)26-11-25-14)21-6-3-12(4-7-21)17-20-19-16-10-18-5-8-22(16)17;/h1-2,9,12,18H,3-8,10-11H2;1H. The molecule has 9 nitrogen and oxygen atoms in total. The fourth-order valence-electron chi connectivity index (χ4n) is 3.96. The topological polar surface area (TPSA) is 98.6 Å². The zero-order valence-electron chi connectivity index (χ0n) is 15.2. The van der Waals surface area contributed by atoms with Crippen molar-refractivity contribution in [2.24, 2.45) is 0 Å². The summed E-state index contributed by atoms with van der Waals surface area (Å²) < 4.78 is 40.3. The van der Waals surface area contributed by atoms with Crippen LogP contribution in [0.5, 0.6) is 11.5 Å². The average molecular weight is 428 g/mol. The van der Waals surface area contributed by atoms with Crippen LogP contribution in [0.2, 0.25) is 0 Å². The Morgan fingerprint density at radius 2 is 1.86 bits per heavy atom. The molecule has 0 atom stereocenters. The Morgan fingerprint density at radius 1 is 1.07 bits per heavy atom. The molecule has 152 valence electrons. The minimum absolute atomic E-state index is 0. The molecule has 11 heteroatoms. The van der Waals surface area contributed by atoms with Crippen LogP contribution in [0.15, 0.2) is 23.1 Å². The molecule has 5 rings (SSSR count). The number of halogens is 1. The Bertz CT molecular complexity index is 972. The number of sulfonamides is 1. The zero-order chi connectivity index (χ0) is 18.4. The quantitative estimate of drug-likeness (QED) is 0.783. The van der Waals surface area contributed by atoms with Crippen molar-refractivity contribution in [1.82, 2.24) is 24.4 Å². The molecule has 3 aliphatic rings. The van der Waals surface area contributed by atoms with Gasteiger partial charge in [0.15, 0.2) is 11.5 Å². The molecule has 4 heterocycles. The van der Waals surface area contributed by atoms with Gasteiger partial charge in [-0.1, -0.05) is 0 Å². The first-order valence-corrected chi connectivity index (χ1v) is 10.6. The van der Waals surface area contributed by atoms with E-state index < -0.39 is 10.0 Å². The highest BCUT2D eigenvalue weighted by Crippen LogP contribution is 2.36. The monoisotopic (exact) mass is 427 g/mol. The number of rotatable bonds is 3. The van der Waals surface area contributed by atoms with Crippen molar-refractivity contribution in [1.29, 1.82) is 0 Å². The predicted octanol–water partition coefficient (Wildman–Crippen LogP) is 1.10. The average Bonchev–Trinajstić information content (AvgIpc) is 3.34. The third kappa shape index (κ3) is 3.24. The zero-order valence-corrected chi connectivity index (χ0v) is 16.8. The second kappa shape index (κ2) is 7.51. The lowest BCUT2D eigenvalue weighted by atomic mass is 9.97. The molecule has 0 amide bonds. The van der Waals surface area contributed by atoms with E-state index in [4.69, 9.17) is 9.47 Å². The van der Waals surface area contributed by atoms with Crippen LogP contribution in [-0.2, 0) is 23.1 Å². The maximum atomic E-state index is 13.0. The highest BCUT2D eigenvalue weighted by atomic mass is 35.5. The van der Waals surface area contributed by atoms with Gasteiger partial charge in [-0.3, -0.25) is 0 Å². The van der Waals surface area contributed by atoms with Crippen LogP contribution in [0.1, 0.15) is 30.4 Å². The van der Waals surface area contributed by atoms with E-state index in [0.29, 0.717) is 24.6 Å². The number of nitrogens with zero attached hydrogens (tertiary/aromatic N) is 4. The molecule has 0 saturated carbocycles. The second-order valence-electron chi connectivity index (χ2n) is 7.00. The van der Waals surface area contributed by atoms with E-state index in [1.165, 1.54) is 0 Å². The van der Waals surface area contributed by atoms with Crippen LogP contribution in [0, 0.1) is 0 Å². The van der Waals surface area contributed by atoms with E-state index in [2.05, 4.69) is 20.1 Å². The molecule has 0 aliphatic carbocycles. The number of ether oxygens (including phenoxy) is 2. The lowest BCUT2D eigenvalue weighted by Crippen LogP contribution is -2.38. The minimum Gasteiger partial charge on any atom is -0.454 e. The molecule has 1 aromatic carbocycles. The molecule has 2 aromatic rings. The maximum absolute atomic E-state index is 13.0. The Balaban J connectivity index is 0.00000192. The van der Waals surface area contributed by atoms with Gasteiger partial charge in [0.25, 0.3) is 0 Å². The summed E-state index contributed by atoms with van der Waals surface area (Å²) >= 11 is 0. The molecule has 1 saturated heterocycles. The van der Waals surface area contributed by atoms with Crippen LogP contribution in [0.3, 0.4) is 0 Å². The largest absolute Gasteiger partial charge is 0.454 e. The first-order chi connectivity index (χ1) is 13.1. The summed E-state index contributed by atoms with van der Waals surface area (Å²) in [7, 11) is -3.55. The SMILES string of the molecule is Cl.O=S(=O)(c1ccc2c(c1)OCO2)N1CCC(c2nnc3n2CCNC3)CC1. The number of hydrogen-bond donors (Lipinski definition) is 1. The fraction of sp³-hybridized carbons (Fsp3) is 0.529. The highest BCUT2D eigenvalue weighted by molar-refractivity contribution is 7.89. The third-order valence-corrected chi connectivity index (χ3v) is 7.35. The number of fused-ring (bicyclic) bond motifs is 2. The Kier molecular flexibility index (Phi) is 5.21. The van der Waals surface area contributed by atoms with Crippen molar-refractivity contribution in [3.05, 3.63) is 29.8 Å². The van der Waals surface area contributed by atoms with E-state index in [-0.39, 0.29) is 30.0 Å². The second-order valence-corrected chi connectivity index (χ2v) is 8.93. The van der Waals surface area contributed by atoms with Crippen molar-refractivity contribution in [3.63, 3.8) is 0 Å². The normalized spacial score (nSPS) is 19.9. The summed E-state index contributed by atoms with van der Waals surface area (Å²) in [4.78, 5) is 0.246. The summed E-state index contributed by atoms with van der Waals surface area (Å²) in [5.41, 5.74) is 0. The summed E-state index contributed by atoms with van der Waals surface area (Å²) in [6, 6.07) is 4.78. The lowest BCUT2D eigenvalue weighted by molar-refractivity contribution is 0.174. The van der Waals surface area contributed by atoms with Gasteiger partial charge in [-0.15, -0.1) is 22.6 Å². The van der Waals surface area contributed by atoms with Gasteiger partial charge in [-0.05, 0) is 25.0 Å². The molecule has 0 radical (unpaired) electrons. The molecular weight excluding hydrogens is 406 g/mol. The van der Waals surface area contributed by atoms with Gasteiger partial charge < -0.3 is 19.4 Å². The number of nitrogens with one attached hydrogen (secondary N) is 1. The van der Waals surface area contributed by atoms with Crippen LogP contribution in [-0.4, -0.2) is 53.9 Å². The van der Waals surface area contributed by atoms with Crippen LogP contribution >= 0.6 is 12.4 Å². The van der Waals surface area contributed by atoms with Gasteiger partial charge in [0.2, 0.25) is 16.8 Å². The van der Waals surface area contributed by atoms with Gasteiger partial charge in [-0.25, -0.2) is 8.42 Å². The van der Waals surface area contributed by atoms with E-state index in [1.54, 1.807) is 22.5 Å². The number of piperidine rings is 1. The molecule has 0 bridgehead atoms. The van der Waals surface area contributed by atoms with Gasteiger partial charge >= 0.3 is 0 Å². The number of benzene rings is 1. The molecule has 1 N–H and O–H groups in total. The highest BCUT2D eigenvalue weighted by Gasteiger charge is 2.33. The molecule has 3 aliphatic heterocycles. The first kappa shape index (κ1) is 19.4. The van der Waals surface area contributed by atoms with E-state index >= 15 is 0 Å². The van der Waals surface area contributed by atoms with Crippen molar-refractivity contribution in [3.8, 4) is 11.5 Å². The van der Waals surface area contributed by atoms with Crippen LogP contribution in [0.4, 0.5) is 0 Å². The number of hydrogen-bond acceptors (Lipinski definition) is 7. The minimum atomic E-state index is -3.55. The Morgan fingerprint density at radius 3 is 2.68 bits per heavy atom. The maximum Gasteiger partial charge on any atom is 0.243 e. The Labute approximate surface area is 169 Å². The predicted molar refractivity (Wildman–Crippen MR) is 102 cm³/mol. The van der Waals surface area contributed by atoms with Crippen molar-refractivity contribution in [2.75, 3.05) is 26.4 Å². The van der Waals surface area contributed by atoms with E-state index in [1.807, 2.05) is 0 Å². The summed E-state index contributed by atoms with van der Waals surface area (Å²) in [6.45, 7) is 3.60. The van der Waals surface area contributed by atoms with Crippen LogP contribution in [0.25, 0.3) is 0 Å². The Hall–Kier alpha value is -1.88. The molecule has 1 fully saturated rings. The fourth-order valence-corrected chi connectivity index (χ4v) is 5.44. The van der Waals surface area contributed by atoms with Crippen molar-refractivity contribution >= 4 is 22.4 Å². The van der Waals surface area contributed by atoms with Gasteiger partial charge in [0.1, 0.15) is 11.6 Å². The molecular formula is C17H22ClN5O4S. The summed E-state index contributed by atoms with van der Waals surface area (Å²) in [5, 5.41) is 11.9. The van der Waals surface area contributed by atoms with Gasteiger partial charge in [0, 0.05) is 38.2 Å². The first-order valence-electron chi connectivity index (χ1n) is 9.15. The smallest absolute Gasteiger partial charge is 0.243 e. The van der Waals surface area contributed by atoms with Crippen LogP contribution < -0.4 is 14.8 Å². The number of aromatic nitrogens is 3. The van der Waals surface area contributed by atoms with Gasteiger partial charge in [0.05, 0.1) is 11.4 Å². The molecule has 28 heavy (non-hydrogen) atoms. The van der Waals surface area contributed by atoms with E-state index in [9.17, 15) is 8.42 Å². The molecule has 0 unspecified atom stereocenters. The third-order valence-electron chi connectivity index (χ3n) is 5.45. The summed E-state index contributed by atoms with van der Waals surface area (Å²) in [5.74, 6) is 3.26.